The third-order valence-corrected chi connectivity index (χ3v) is 3.62. The zero-order valence-corrected chi connectivity index (χ0v) is 14.0. The first-order valence-corrected chi connectivity index (χ1v) is 7.48. The Labute approximate surface area is 141 Å². The van der Waals surface area contributed by atoms with E-state index in [2.05, 4.69) is 31.8 Å². The summed E-state index contributed by atoms with van der Waals surface area (Å²) >= 11 is 0. The molecule has 0 radical (unpaired) electrons. The van der Waals surface area contributed by atoms with E-state index in [1.165, 1.54) is 12.1 Å². The minimum Gasteiger partial charge on any atom is -0.381 e. The van der Waals surface area contributed by atoms with E-state index in [9.17, 15) is 4.39 Å². The van der Waals surface area contributed by atoms with Crippen LogP contribution in [0.15, 0.2) is 30.0 Å². The van der Waals surface area contributed by atoms with Crippen molar-refractivity contribution in [2.45, 2.75) is 6.92 Å². The van der Waals surface area contributed by atoms with Crippen molar-refractivity contribution in [3.8, 4) is 0 Å². The molecule has 0 saturated carbocycles. The predicted molar refractivity (Wildman–Crippen MR) is 98.7 cm³/mol. The minimum atomic E-state index is -0.580. The first-order chi connectivity index (χ1) is 11.5. The lowest BCUT2D eigenvalue weighted by Gasteiger charge is -2.21. The summed E-state index contributed by atoms with van der Waals surface area (Å²) in [5.74, 6) is -0.347. The van der Waals surface area contributed by atoms with Gasteiger partial charge in [-0.2, -0.15) is 0 Å². The zero-order chi connectivity index (χ0) is 17.7. The second-order valence-electron chi connectivity index (χ2n) is 5.14. The fourth-order valence-corrected chi connectivity index (χ4v) is 2.20. The summed E-state index contributed by atoms with van der Waals surface area (Å²) in [5, 5.41) is 3.15. The van der Waals surface area contributed by atoms with Gasteiger partial charge in [0.1, 0.15) is 5.82 Å². The SMILES string of the molecule is C=Cc1cc(F)c(N)nc1Nc1cncc(N(C)CC)c1C=NC. The molecule has 0 aliphatic heterocycles. The predicted octanol–water partition coefficient (Wildman–Crippen LogP) is 3.09. The molecule has 0 bridgehead atoms. The normalized spacial score (nSPS) is 10.8. The van der Waals surface area contributed by atoms with Gasteiger partial charge in [-0.05, 0) is 13.0 Å². The van der Waals surface area contributed by atoms with Crippen LogP contribution in [0.25, 0.3) is 6.08 Å². The highest BCUT2D eigenvalue weighted by Gasteiger charge is 2.14. The standard InChI is InChI=1S/C17H21FN6/c1-5-11-7-13(18)16(19)23-17(11)22-14-9-21-10-15(24(4)6-2)12(14)8-20-3/h5,7-10H,1,6H2,2-4H3,(H3,19,22,23). The van der Waals surface area contributed by atoms with Crippen LogP contribution in [-0.2, 0) is 0 Å². The molecule has 7 heteroatoms. The summed E-state index contributed by atoms with van der Waals surface area (Å²) in [6.45, 7) is 6.55. The monoisotopic (exact) mass is 328 g/mol. The highest BCUT2D eigenvalue weighted by atomic mass is 19.1. The smallest absolute Gasteiger partial charge is 0.165 e. The van der Waals surface area contributed by atoms with Crippen LogP contribution in [0.1, 0.15) is 18.1 Å². The highest BCUT2D eigenvalue weighted by molar-refractivity contribution is 5.96. The maximum absolute atomic E-state index is 13.6. The fourth-order valence-electron chi connectivity index (χ4n) is 2.20. The van der Waals surface area contributed by atoms with Gasteiger partial charge in [-0.15, -0.1) is 0 Å². The van der Waals surface area contributed by atoms with Crippen molar-refractivity contribution >= 4 is 35.3 Å². The molecule has 3 N–H and O–H groups in total. The van der Waals surface area contributed by atoms with Gasteiger partial charge in [-0.3, -0.25) is 9.98 Å². The number of halogens is 1. The lowest BCUT2D eigenvalue weighted by atomic mass is 10.1. The van der Waals surface area contributed by atoms with E-state index in [0.717, 1.165) is 17.8 Å². The molecule has 0 aliphatic rings. The Morgan fingerprint density at radius 2 is 2.21 bits per heavy atom. The number of nitrogen functional groups attached to an aromatic ring is 1. The molecule has 24 heavy (non-hydrogen) atoms. The van der Waals surface area contributed by atoms with Crippen LogP contribution >= 0.6 is 0 Å². The van der Waals surface area contributed by atoms with Gasteiger partial charge < -0.3 is 16.0 Å². The zero-order valence-electron chi connectivity index (χ0n) is 14.0. The molecule has 0 unspecified atom stereocenters. The number of hydrogen-bond acceptors (Lipinski definition) is 6. The van der Waals surface area contributed by atoms with E-state index in [4.69, 9.17) is 5.73 Å². The van der Waals surface area contributed by atoms with Crippen molar-refractivity contribution in [2.24, 2.45) is 4.99 Å². The summed E-state index contributed by atoms with van der Waals surface area (Å²) in [6, 6.07) is 1.29. The Kier molecular flexibility index (Phi) is 5.47. The highest BCUT2D eigenvalue weighted by Crippen LogP contribution is 2.29. The van der Waals surface area contributed by atoms with Gasteiger partial charge in [0.25, 0.3) is 0 Å². The lowest BCUT2D eigenvalue weighted by molar-refractivity contribution is 0.627. The first-order valence-electron chi connectivity index (χ1n) is 7.48. The van der Waals surface area contributed by atoms with Crippen molar-refractivity contribution in [3.05, 3.63) is 42.0 Å². The van der Waals surface area contributed by atoms with E-state index in [1.807, 2.05) is 14.0 Å². The molecule has 0 atom stereocenters. The van der Waals surface area contributed by atoms with Crippen LogP contribution in [0.2, 0.25) is 0 Å². The molecule has 2 aromatic rings. The molecule has 0 spiro atoms. The van der Waals surface area contributed by atoms with Gasteiger partial charge in [-0.25, -0.2) is 9.37 Å². The van der Waals surface area contributed by atoms with Crippen molar-refractivity contribution in [3.63, 3.8) is 0 Å². The largest absolute Gasteiger partial charge is 0.381 e. The van der Waals surface area contributed by atoms with Crippen molar-refractivity contribution in [2.75, 3.05) is 36.6 Å². The molecule has 6 nitrogen and oxygen atoms in total. The van der Waals surface area contributed by atoms with Gasteiger partial charge in [0.05, 0.1) is 23.8 Å². The number of pyridine rings is 2. The van der Waals surface area contributed by atoms with Crippen LogP contribution in [-0.4, -0.2) is 36.8 Å². The van der Waals surface area contributed by atoms with Crippen molar-refractivity contribution in [1.29, 1.82) is 0 Å². The first kappa shape index (κ1) is 17.4. The van der Waals surface area contributed by atoms with Gasteiger partial charge in [0.15, 0.2) is 11.6 Å². The second kappa shape index (κ2) is 7.54. The molecule has 0 aliphatic carbocycles. The van der Waals surface area contributed by atoms with Crippen LogP contribution in [0.3, 0.4) is 0 Å². The Bertz CT molecular complexity index is 772. The Balaban J connectivity index is 2.54. The minimum absolute atomic E-state index is 0.177. The molecule has 0 amide bonds. The number of nitrogens with zero attached hydrogens (tertiary/aromatic N) is 4. The van der Waals surface area contributed by atoms with E-state index < -0.39 is 5.82 Å². The fraction of sp³-hybridized carbons (Fsp3) is 0.235. The maximum Gasteiger partial charge on any atom is 0.165 e. The summed E-state index contributed by atoms with van der Waals surface area (Å²) in [6.07, 6.45) is 6.69. The quantitative estimate of drug-likeness (QED) is 0.797. The maximum atomic E-state index is 13.6. The van der Waals surface area contributed by atoms with Crippen LogP contribution < -0.4 is 16.0 Å². The van der Waals surface area contributed by atoms with Crippen LogP contribution in [0.5, 0.6) is 0 Å². The van der Waals surface area contributed by atoms with Crippen molar-refractivity contribution < 1.29 is 4.39 Å². The number of nitrogens with two attached hydrogens (primary N) is 1. The van der Waals surface area contributed by atoms with E-state index in [-0.39, 0.29) is 5.82 Å². The molecule has 2 aromatic heterocycles. The average molecular weight is 328 g/mol. The summed E-state index contributed by atoms with van der Waals surface area (Å²) in [4.78, 5) is 14.5. The average Bonchev–Trinajstić information content (AvgIpc) is 2.58. The topological polar surface area (TPSA) is 79.4 Å². The molecule has 0 saturated heterocycles. The number of rotatable bonds is 6. The molecule has 0 aromatic carbocycles. The number of anilines is 4. The lowest BCUT2D eigenvalue weighted by Crippen LogP contribution is -2.18. The second-order valence-corrected chi connectivity index (χ2v) is 5.14. The molecule has 0 fully saturated rings. The van der Waals surface area contributed by atoms with Crippen molar-refractivity contribution in [1.82, 2.24) is 9.97 Å². The number of aromatic nitrogens is 2. The third-order valence-electron chi connectivity index (χ3n) is 3.62. The Morgan fingerprint density at radius 1 is 1.46 bits per heavy atom. The van der Waals surface area contributed by atoms with Gasteiger partial charge >= 0.3 is 0 Å². The molecular formula is C17H21FN6. The summed E-state index contributed by atoms with van der Waals surface area (Å²) in [5.41, 5.74) is 8.57. The molecule has 2 rings (SSSR count). The Morgan fingerprint density at radius 3 is 2.83 bits per heavy atom. The summed E-state index contributed by atoms with van der Waals surface area (Å²) in [7, 11) is 3.67. The van der Waals surface area contributed by atoms with Crippen LogP contribution in [0.4, 0.5) is 27.4 Å². The molecular weight excluding hydrogens is 307 g/mol. The van der Waals surface area contributed by atoms with Crippen LogP contribution in [0, 0.1) is 5.82 Å². The number of aliphatic imine (C=N–C) groups is 1. The Hall–Kier alpha value is -2.96. The van der Waals surface area contributed by atoms with E-state index in [0.29, 0.717) is 17.1 Å². The molecule has 2 heterocycles. The number of hydrogen-bond donors (Lipinski definition) is 2. The summed E-state index contributed by atoms with van der Waals surface area (Å²) < 4.78 is 13.6. The van der Waals surface area contributed by atoms with Gasteiger partial charge in [0.2, 0.25) is 0 Å². The molecule has 126 valence electrons. The number of nitrogens with one attached hydrogen (secondary N) is 1. The van der Waals surface area contributed by atoms with E-state index in [1.54, 1.807) is 25.7 Å². The van der Waals surface area contributed by atoms with E-state index >= 15 is 0 Å². The third kappa shape index (κ3) is 3.51. The van der Waals surface area contributed by atoms with Gasteiger partial charge in [0, 0.05) is 38.0 Å². The van der Waals surface area contributed by atoms with Gasteiger partial charge in [-0.1, -0.05) is 12.7 Å².